The molecule has 0 amide bonds. The monoisotopic (exact) mass is 194 g/mol. The zero-order valence-corrected chi connectivity index (χ0v) is 9.42. The number of hydrogen-bond donors (Lipinski definition) is 1. The van der Waals surface area contributed by atoms with Gasteiger partial charge in [-0.15, -0.1) is 0 Å². The molecule has 0 aromatic rings. The van der Waals surface area contributed by atoms with Crippen LogP contribution in [0, 0.1) is 23.2 Å². The molecule has 3 aliphatic rings. The molecule has 0 aromatic carbocycles. The van der Waals surface area contributed by atoms with Crippen molar-refractivity contribution in [3.8, 4) is 0 Å². The molecule has 1 heteroatoms. The van der Waals surface area contributed by atoms with E-state index < -0.39 is 0 Å². The fourth-order valence-corrected chi connectivity index (χ4v) is 5.17. The summed E-state index contributed by atoms with van der Waals surface area (Å²) in [6.07, 6.45) is 7.98. The molecule has 1 nitrogen and oxygen atoms in total. The second-order valence-corrected chi connectivity index (χ2v) is 6.40. The van der Waals surface area contributed by atoms with Gasteiger partial charge in [-0.2, -0.15) is 0 Å². The van der Waals surface area contributed by atoms with E-state index in [1.54, 1.807) is 0 Å². The summed E-state index contributed by atoms with van der Waals surface area (Å²) < 4.78 is 0. The molecule has 3 rings (SSSR count). The zero-order valence-electron chi connectivity index (χ0n) is 9.42. The van der Waals surface area contributed by atoms with Crippen molar-refractivity contribution in [1.29, 1.82) is 0 Å². The largest absolute Gasteiger partial charge is 0.390 e. The van der Waals surface area contributed by atoms with Gasteiger partial charge in [0.2, 0.25) is 0 Å². The summed E-state index contributed by atoms with van der Waals surface area (Å²) in [4.78, 5) is 0. The van der Waals surface area contributed by atoms with Crippen LogP contribution in [-0.2, 0) is 0 Å². The van der Waals surface area contributed by atoms with E-state index in [2.05, 4.69) is 13.8 Å². The maximum Gasteiger partial charge on any atom is 0.0656 e. The molecule has 14 heavy (non-hydrogen) atoms. The summed E-state index contributed by atoms with van der Waals surface area (Å²) in [6.45, 7) is 4.51. The maximum atomic E-state index is 10.4. The van der Waals surface area contributed by atoms with Gasteiger partial charge < -0.3 is 5.11 Å². The van der Waals surface area contributed by atoms with Crippen LogP contribution in [0.1, 0.15) is 52.4 Å². The minimum Gasteiger partial charge on any atom is -0.390 e. The lowest BCUT2D eigenvalue weighted by Gasteiger charge is -2.62. The maximum absolute atomic E-state index is 10.4. The van der Waals surface area contributed by atoms with Crippen molar-refractivity contribution >= 4 is 0 Å². The van der Waals surface area contributed by atoms with Gasteiger partial charge in [0.05, 0.1) is 5.60 Å². The molecule has 1 unspecified atom stereocenters. The summed E-state index contributed by atoms with van der Waals surface area (Å²) in [5, 5.41) is 10.4. The summed E-state index contributed by atoms with van der Waals surface area (Å²) >= 11 is 0. The molecule has 80 valence electrons. The van der Waals surface area contributed by atoms with Gasteiger partial charge in [0.1, 0.15) is 0 Å². The molecular weight excluding hydrogens is 172 g/mol. The van der Waals surface area contributed by atoms with Gasteiger partial charge in [0.25, 0.3) is 0 Å². The normalized spacial score (nSPS) is 61.5. The molecule has 3 saturated carbocycles. The molecule has 0 spiro atoms. The van der Waals surface area contributed by atoms with Crippen LogP contribution in [0.4, 0.5) is 0 Å². The van der Waals surface area contributed by atoms with Gasteiger partial charge in [0.15, 0.2) is 0 Å². The summed E-state index contributed by atoms with van der Waals surface area (Å²) in [6, 6.07) is 0. The van der Waals surface area contributed by atoms with E-state index in [4.69, 9.17) is 0 Å². The van der Waals surface area contributed by atoms with Crippen LogP contribution in [0.3, 0.4) is 0 Å². The van der Waals surface area contributed by atoms with Gasteiger partial charge in [-0.05, 0) is 55.8 Å². The highest BCUT2D eigenvalue weighted by molar-refractivity contribution is 5.16. The molecule has 3 aliphatic carbocycles. The van der Waals surface area contributed by atoms with Crippen LogP contribution in [0.5, 0.6) is 0 Å². The van der Waals surface area contributed by atoms with Gasteiger partial charge in [-0.1, -0.05) is 19.8 Å². The zero-order chi connectivity index (χ0) is 9.97. The van der Waals surface area contributed by atoms with E-state index in [1.165, 1.54) is 32.1 Å². The van der Waals surface area contributed by atoms with Crippen LogP contribution in [0.15, 0.2) is 0 Å². The van der Waals surface area contributed by atoms with E-state index in [0.717, 1.165) is 18.3 Å². The van der Waals surface area contributed by atoms with Crippen molar-refractivity contribution in [3.05, 3.63) is 0 Å². The van der Waals surface area contributed by atoms with E-state index in [0.29, 0.717) is 11.3 Å². The topological polar surface area (TPSA) is 20.2 Å². The molecule has 0 radical (unpaired) electrons. The number of aliphatic hydroxyl groups is 1. The molecule has 1 N–H and O–H groups in total. The Morgan fingerprint density at radius 2 is 1.79 bits per heavy atom. The van der Waals surface area contributed by atoms with Crippen molar-refractivity contribution in [2.75, 3.05) is 0 Å². The Kier molecular flexibility index (Phi) is 1.68. The highest BCUT2D eigenvalue weighted by atomic mass is 16.3. The Morgan fingerprint density at radius 3 is 2.57 bits per heavy atom. The lowest BCUT2D eigenvalue weighted by molar-refractivity contribution is -0.174. The van der Waals surface area contributed by atoms with Gasteiger partial charge in [-0.25, -0.2) is 0 Å². The Balaban J connectivity index is 1.91. The molecule has 0 aliphatic heterocycles. The van der Waals surface area contributed by atoms with Crippen LogP contribution in [-0.4, -0.2) is 10.7 Å². The molecular formula is C13H22O. The van der Waals surface area contributed by atoms with Crippen LogP contribution in [0.25, 0.3) is 0 Å². The van der Waals surface area contributed by atoms with E-state index in [-0.39, 0.29) is 5.60 Å². The highest BCUT2D eigenvalue weighted by Gasteiger charge is 2.67. The minimum absolute atomic E-state index is 0.340. The molecule has 5 atom stereocenters. The molecule has 0 saturated heterocycles. The van der Waals surface area contributed by atoms with Crippen molar-refractivity contribution in [1.82, 2.24) is 0 Å². The predicted molar refractivity (Wildman–Crippen MR) is 56.9 cm³/mol. The quantitative estimate of drug-likeness (QED) is 0.628. The molecule has 0 heterocycles. The Morgan fingerprint density at radius 1 is 1.07 bits per heavy atom. The SMILES string of the molecule is CC1(O)CC[C@@]2(C)[C@H]3CCCC[C@@H]3[C@@H]12. The first-order valence-electron chi connectivity index (χ1n) is 6.28. The van der Waals surface area contributed by atoms with Gasteiger partial charge >= 0.3 is 0 Å². The fraction of sp³-hybridized carbons (Fsp3) is 1.00. The molecule has 0 aromatic heterocycles. The fourth-order valence-electron chi connectivity index (χ4n) is 5.17. The number of fused-ring (bicyclic) bond motifs is 4. The van der Waals surface area contributed by atoms with Crippen LogP contribution < -0.4 is 0 Å². The highest BCUT2D eigenvalue weighted by Crippen LogP contribution is 2.70. The predicted octanol–water partition coefficient (Wildman–Crippen LogP) is 2.97. The van der Waals surface area contributed by atoms with E-state index >= 15 is 0 Å². The summed E-state index contributed by atoms with van der Waals surface area (Å²) in [5.74, 6) is 2.45. The first-order valence-corrected chi connectivity index (χ1v) is 6.28. The van der Waals surface area contributed by atoms with Gasteiger partial charge in [-0.3, -0.25) is 0 Å². The molecule has 3 fully saturated rings. The second-order valence-electron chi connectivity index (χ2n) is 6.40. The minimum atomic E-state index is -0.340. The van der Waals surface area contributed by atoms with Crippen molar-refractivity contribution in [2.45, 2.75) is 58.0 Å². The third-order valence-electron chi connectivity index (χ3n) is 5.64. The lowest BCUT2D eigenvalue weighted by atomic mass is 9.43. The van der Waals surface area contributed by atoms with Crippen molar-refractivity contribution in [3.63, 3.8) is 0 Å². The Hall–Kier alpha value is -0.0400. The first-order chi connectivity index (χ1) is 6.56. The Bertz CT molecular complexity index is 258. The smallest absolute Gasteiger partial charge is 0.0656 e. The standard InChI is InChI=1S/C13H22O/c1-12-7-8-13(2,14)11(12)9-5-3-4-6-10(9)12/h9-11,14H,3-8H2,1-2H3/t9-,10-,11+,12-,13?/m0/s1. The average molecular weight is 194 g/mol. The van der Waals surface area contributed by atoms with Crippen molar-refractivity contribution < 1.29 is 5.11 Å². The van der Waals surface area contributed by atoms with Crippen LogP contribution >= 0.6 is 0 Å². The third kappa shape index (κ3) is 0.900. The Labute approximate surface area is 86.9 Å². The van der Waals surface area contributed by atoms with Gasteiger partial charge in [0, 0.05) is 0 Å². The molecule has 0 bridgehead atoms. The average Bonchev–Trinajstić information content (AvgIpc) is 2.33. The third-order valence-corrected chi connectivity index (χ3v) is 5.64. The number of rotatable bonds is 0. The van der Waals surface area contributed by atoms with E-state index in [9.17, 15) is 5.11 Å². The lowest BCUT2D eigenvalue weighted by Crippen LogP contribution is -2.59. The second kappa shape index (κ2) is 2.55. The first kappa shape index (κ1) is 9.21. The number of hydrogen-bond acceptors (Lipinski definition) is 1. The summed E-state index contributed by atoms with van der Waals surface area (Å²) in [7, 11) is 0. The van der Waals surface area contributed by atoms with Crippen LogP contribution in [0.2, 0.25) is 0 Å². The summed E-state index contributed by atoms with van der Waals surface area (Å²) in [5.41, 5.74) is 0.168. The van der Waals surface area contributed by atoms with Crippen molar-refractivity contribution in [2.24, 2.45) is 23.2 Å². The van der Waals surface area contributed by atoms with E-state index in [1.807, 2.05) is 0 Å².